The van der Waals surface area contributed by atoms with Gasteiger partial charge in [0.1, 0.15) is 6.54 Å². The molecule has 8 heteroatoms. The smallest absolute Gasteiger partial charge is 0.331 e. The van der Waals surface area contributed by atoms with Crippen LogP contribution in [0.5, 0.6) is 11.5 Å². The number of methoxy groups -OCH3 is 1. The van der Waals surface area contributed by atoms with E-state index in [1.54, 1.807) is 48.5 Å². The topological polar surface area (TPSA) is 94.2 Å². The fraction of sp³-hybridized carbons (Fsp3) is 0.227. The number of hydrogen-bond acceptors (Lipinski definition) is 6. The number of ether oxygens (including phenoxy) is 3. The third kappa shape index (κ3) is 4.96. The van der Waals surface area contributed by atoms with E-state index in [1.165, 1.54) is 18.1 Å². The largest absolute Gasteiger partial charge is 0.493 e. The Morgan fingerprint density at radius 3 is 2.73 bits per heavy atom. The molecule has 2 aromatic rings. The number of carbonyl (C=O) groups excluding carboxylic acids is 3. The molecule has 1 N–H and O–H groups in total. The third-order valence-electron chi connectivity index (χ3n) is 4.31. The second kappa shape index (κ2) is 9.60. The van der Waals surface area contributed by atoms with E-state index in [1.807, 2.05) is 6.92 Å². The number of rotatable bonds is 7. The molecule has 2 amide bonds. The third-order valence-corrected chi connectivity index (χ3v) is 4.31. The van der Waals surface area contributed by atoms with Crippen molar-refractivity contribution in [2.24, 2.45) is 0 Å². The summed E-state index contributed by atoms with van der Waals surface area (Å²) in [5.74, 6) is -0.314. The molecule has 0 saturated carbocycles. The zero-order chi connectivity index (χ0) is 21.5. The summed E-state index contributed by atoms with van der Waals surface area (Å²) in [6.45, 7) is 1.78. The molecular formula is C22H22N2O6. The Balaban J connectivity index is 1.60. The van der Waals surface area contributed by atoms with E-state index in [2.05, 4.69) is 5.32 Å². The van der Waals surface area contributed by atoms with E-state index in [4.69, 9.17) is 14.2 Å². The Bertz CT molecular complexity index is 985. The number of anilines is 2. The molecule has 0 bridgehead atoms. The molecule has 2 aromatic carbocycles. The molecular weight excluding hydrogens is 388 g/mol. The molecule has 0 fully saturated rings. The number of fused-ring (bicyclic) bond motifs is 1. The fourth-order valence-electron chi connectivity index (χ4n) is 2.94. The lowest BCUT2D eigenvalue weighted by atomic mass is 10.2. The SMILES string of the molecule is CCOc1ccc(/C=C/C(=O)OCC(=O)N2CC(=O)Nc3ccccc32)cc1OC. The van der Waals surface area contributed by atoms with Crippen molar-refractivity contribution in [2.75, 3.05) is 37.1 Å². The molecule has 1 aliphatic rings. The average Bonchev–Trinajstić information content (AvgIpc) is 2.76. The number of esters is 1. The molecule has 0 spiro atoms. The van der Waals surface area contributed by atoms with E-state index in [0.717, 1.165) is 0 Å². The number of nitrogens with zero attached hydrogens (tertiary/aromatic N) is 1. The van der Waals surface area contributed by atoms with Gasteiger partial charge in [0.2, 0.25) is 5.91 Å². The first kappa shape index (κ1) is 20.9. The minimum Gasteiger partial charge on any atom is -0.493 e. The van der Waals surface area contributed by atoms with Crippen LogP contribution in [0.4, 0.5) is 11.4 Å². The second-order valence-corrected chi connectivity index (χ2v) is 6.33. The molecule has 0 atom stereocenters. The van der Waals surface area contributed by atoms with Crippen LogP contribution in [0.3, 0.4) is 0 Å². The van der Waals surface area contributed by atoms with Gasteiger partial charge in [-0.05, 0) is 42.8 Å². The van der Waals surface area contributed by atoms with E-state index in [0.29, 0.717) is 35.0 Å². The Hall–Kier alpha value is -3.81. The molecule has 0 aromatic heterocycles. The highest BCUT2D eigenvalue weighted by molar-refractivity contribution is 6.10. The molecule has 8 nitrogen and oxygen atoms in total. The summed E-state index contributed by atoms with van der Waals surface area (Å²) < 4.78 is 15.8. The maximum absolute atomic E-state index is 12.5. The summed E-state index contributed by atoms with van der Waals surface area (Å²) in [5.41, 5.74) is 1.81. The summed E-state index contributed by atoms with van der Waals surface area (Å²) in [4.78, 5) is 37.6. The number of carbonyl (C=O) groups is 3. The minimum absolute atomic E-state index is 0.130. The van der Waals surface area contributed by atoms with Crippen molar-refractivity contribution >= 4 is 35.2 Å². The lowest BCUT2D eigenvalue weighted by Gasteiger charge is -2.28. The second-order valence-electron chi connectivity index (χ2n) is 6.33. The zero-order valence-electron chi connectivity index (χ0n) is 16.7. The van der Waals surface area contributed by atoms with Crippen LogP contribution in [0.2, 0.25) is 0 Å². The van der Waals surface area contributed by atoms with Gasteiger partial charge in [0.25, 0.3) is 5.91 Å². The molecule has 1 heterocycles. The number of amides is 2. The minimum atomic E-state index is -0.675. The maximum Gasteiger partial charge on any atom is 0.331 e. The van der Waals surface area contributed by atoms with Crippen LogP contribution in [0.1, 0.15) is 12.5 Å². The van der Waals surface area contributed by atoms with Crippen molar-refractivity contribution in [3.63, 3.8) is 0 Å². The van der Waals surface area contributed by atoms with Crippen molar-refractivity contribution < 1.29 is 28.6 Å². The highest BCUT2D eigenvalue weighted by atomic mass is 16.5. The molecule has 156 valence electrons. The monoisotopic (exact) mass is 410 g/mol. The maximum atomic E-state index is 12.5. The van der Waals surface area contributed by atoms with E-state index < -0.39 is 18.5 Å². The molecule has 1 aliphatic heterocycles. The normalized spacial score (nSPS) is 12.9. The van der Waals surface area contributed by atoms with Gasteiger partial charge in [0, 0.05) is 6.08 Å². The van der Waals surface area contributed by atoms with Gasteiger partial charge in [-0.3, -0.25) is 14.5 Å². The van der Waals surface area contributed by atoms with Crippen molar-refractivity contribution in [3.8, 4) is 11.5 Å². The van der Waals surface area contributed by atoms with Gasteiger partial charge in [-0.25, -0.2) is 4.79 Å². The molecule has 0 unspecified atom stereocenters. The number of para-hydroxylation sites is 2. The molecule has 3 rings (SSSR count). The van der Waals surface area contributed by atoms with Crippen molar-refractivity contribution in [1.29, 1.82) is 0 Å². The predicted molar refractivity (Wildman–Crippen MR) is 112 cm³/mol. The quantitative estimate of drug-likeness (QED) is 0.557. The number of hydrogen-bond donors (Lipinski definition) is 1. The van der Waals surface area contributed by atoms with Crippen molar-refractivity contribution in [3.05, 3.63) is 54.1 Å². The molecule has 30 heavy (non-hydrogen) atoms. The van der Waals surface area contributed by atoms with Crippen molar-refractivity contribution in [2.45, 2.75) is 6.92 Å². The predicted octanol–water partition coefficient (Wildman–Crippen LogP) is 2.64. The zero-order valence-corrected chi connectivity index (χ0v) is 16.7. The van der Waals surface area contributed by atoms with Crippen LogP contribution in [0, 0.1) is 0 Å². The van der Waals surface area contributed by atoms with Gasteiger partial charge in [0.05, 0.1) is 25.1 Å². The van der Waals surface area contributed by atoms with Gasteiger partial charge in [0.15, 0.2) is 18.1 Å². The van der Waals surface area contributed by atoms with Gasteiger partial charge < -0.3 is 19.5 Å². The Kier molecular flexibility index (Phi) is 6.69. The Morgan fingerprint density at radius 1 is 1.17 bits per heavy atom. The molecule has 0 saturated heterocycles. The molecule has 0 aliphatic carbocycles. The van der Waals surface area contributed by atoms with E-state index in [-0.39, 0.29) is 12.5 Å². The van der Waals surface area contributed by atoms with Gasteiger partial charge in [-0.15, -0.1) is 0 Å². The van der Waals surface area contributed by atoms with Crippen LogP contribution >= 0.6 is 0 Å². The summed E-state index contributed by atoms with van der Waals surface area (Å²) in [6.07, 6.45) is 2.77. The van der Waals surface area contributed by atoms with E-state index in [9.17, 15) is 14.4 Å². The number of benzene rings is 2. The van der Waals surface area contributed by atoms with E-state index >= 15 is 0 Å². The van der Waals surface area contributed by atoms with Crippen LogP contribution in [-0.4, -0.2) is 44.7 Å². The lowest BCUT2D eigenvalue weighted by Crippen LogP contribution is -2.43. The summed E-state index contributed by atoms with van der Waals surface area (Å²) >= 11 is 0. The first-order valence-corrected chi connectivity index (χ1v) is 9.36. The van der Waals surface area contributed by atoms with Crippen LogP contribution < -0.4 is 19.7 Å². The van der Waals surface area contributed by atoms with Gasteiger partial charge in [-0.2, -0.15) is 0 Å². The van der Waals surface area contributed by atoms with Crippen LogP contribution in [0.15, 0.2) is 48.5 Å². The standard InChI is InChI=1S/C22H22N2O6/c1-3-29-18-10-8-15(12-19(18)28-2)9-11-22(27)30-14-21(26)24-13-20(25)23-16-6-4-5-7-17(16)24/h4-12H,3,13-14H2,1-2H3,(H,23,25)/b11-9+. The Labute approximate surface area is 174 Å². The summed E-state index contributed by atoms with van der Waals surface area (Å²) in [5, 5.41) is 2.70. The average molecular weight is 410 g/mol. The van der Waals surface area contributed by atoms with Crippen LogP contribution in [0.25, 0.3) is 6.08 Å². The summed E-state index contributed by atoms with van der Waals surface area (Å²) in [6, 6.07) is 12.2. The highest BCUT2D eigenvalue weighted by Gasteiger charge is 2.26. The Morgan fingerprint density at radius 2 is 1.97 bits per heavy atom. The fourth-order valence-corrected chi connectivity index (χ4v) is 2.94. The van der Waals surface area contributed by atoms with Gasteiger partial charge >= 0.3 is 5.97 Å². The molecule has 0 radical (unpaired) electrons. The first-order chi connectivity index (χ1) is 14.5. The summed E-state index contributed by atoms with van der Waals surface area (Å²) in [7, 11) is 1.53. The highest BCUT2D eigenvalue weighted by Crippen LogP contribution is 2.29. The number of nitrogens with one attached hydrogen (secondary N) is 1. The van der Waals surface area contributed by atoms with Gasteiger partial charge in [-0.1, -0.05) is 18.2 Å². The lowest BCUT2D eigenvalue weighted by molar-refractivity contribution is -0.143. The first-order valence-electron chi connectivity index (χ1n) is 9.36. The van der Waals surface area contributed by atoms with Crippen molar-refractivity contribution in [1.82, 2.24) is 0 Å². The van der Waals surface area contributed by atoms with Crippen LogP contribution in [-0.2, 0) is 19.1 Å².